The summed E-state index contributed by atoms with van der Waals surface area (Å²) >= 11 is 9.36. The molecule has 0 fully saturated rings. The van der Waals surface area contributed by atoms with E-state index in [9.17, 15) is 0 Å². The second-order valence-corrected chi connectivity index (χ2v) is 7.80. The Hall–Kier alpha value is -0.260. The summed E-state index contributed by atoms with van der Waals surface area (Å²) in [7, 11) is 0. The van der Waals surface area contributed by atoms with Crippen LogP contribution in [0.15, 0.2) is 44.7 Å². The van der Waals surface area contributed by atoms with Crippen LogP contribution in [0.5, 0.6) is 0 Å². The number of benzene rings is 1. The van der Waals surface area contributed by atoms with E-state index >= 15 is 0 Å². The first kappa shape index (κ1) is 16.1. The standard InChI is InChI=1S/C15H18Br2N2S/c1-3-11(2)20-13-5-4-12(14(16)15(13)17)6-8-19-9-7-18-10-19/h4-5,7,9-11H,3,6,8H2,1-2H3. The van der Waals surface area contributed by atoms with E-state index in [1.54, 1.807) is 0 Å². The van der Waals surface area contributed by atoms with E-state index in [0.717, 1.165) is 13.0 Å². The fraction of sp³-hybridized carbons (Fsp3) is 0.400. The predicted molar refractivity (Wildman–Crippen MR) is 93.4 cm³/mol. The van der Waals surface area contributed by atoms with Crippen LogP contribution in [0.2, 0.25) is 0 Å². The third-order valence-electron chi connectivity index (χ3n) is 3.23. The minimum absolute atomic E-state index is 0.634. The van der Waals surface area contributed by atoms with Gasteiger partial charge in [0.05, 0.1) is 6.33 Å². The lowest BCUT2D eigenvalue weighted by Gasteiger charge is -2.14. The maximum absolute atomic E-state index is 4.07. The molecule has 1 heterocycles. The van der Waals surface area contributed by atoms with Crippen molar-refractivity contribution in [2.75, 3.05) is 0 Å². The van der Waals surface area contributed by atoms with Gasteiger partial charge in [-0.3, -0.25) is 0 Å². The maximum atomic E-state index is 4.07. The third-order valence-corrected chi connectivity index (χ3v) is 7.08. The zero-order chi connectivity index (χ0) is 14.5. The van der Waals surface area contributed by atoms with E-state index in [2.05, 4.69) is 67.4 Å². The smallest absolute Gasteiger partial charge is 0.0946 e. The minimum atomic E-state index is 0.634. The summed E-state index contributed by atoms with van der Waals surface area (Å²) < 4.78 is 4.44. The van der Waals surface area contributed by atoms with Crippen molar-refractivity contribution in [1.82, 2.24) is 9.55 Å². The Balaban J connectivity index is 2.09. The van der Waals surface area contributed by atoms with Crippen molar-refractivity contribution in [1.29, 1.82) is 0 Å². The van der Waals surface area contributed by atoms with Crippen LogP contribution < -0.4 is 0 Å². The lowest BCUT2D eigenvalue weighted by molar-refractivity contribution is 0.693. The first-order valence-corrected chi connectivity index (χ1v) is 9.17. The number of rotatable bonds is 6. The molecule has 108 valence electrons. The highest BCUT2D eigenvalue weighted by atomic mass is 79.9. The van der Waals surface area contributed by atoms with Crippen LogP contribution in [0.25, 0.3) is 0 Å². The minimum Gasteiger partial charge on any atom is -0.337 e. The number of thioether (sulfide) groups is 1. The number of halogens is 2. The van der Waals surface area contributed by atoms with Gasteiger partial charge in [0.2, 0.25) is 0 Å². The molecular formula is C15H18Br2N2S. The molecule has 1 aromatic carbocycles. The van der Waals surface area contributed by atoms with Gasteiger partial charge in [-0.15, -0.1) is 11.8 Å². The second kappa shape index (κ2) is 7.66. The summed E-state index contributed by atoms with van der Waals surface area (Å²) in [6.07, 6.45) is 7.84. The van der Waals surface area contributed by atoms with E-state index in [1.165, 1.54) is 25.8 Å². The fourth-order valence-electron chi connectivity index (χ4n) is 1.82. The average molecular weight is 418 g/mol. The van der Waals surface area contributed by atoms with Gasteiger partial charge in [0.25, 0.3) is 0 Å². The van der Waals surface area contributed by atoms with Crippen molar-refractivity contribution in [3.63, 3.8) is 0 Å². The number of aryl methyl sites for hydroxylation is 2. The molecule has 20 heavy (non-hydrogen) atoms. The Labute approximate surface area is 141 Å². The number of aromatic nitrogens is 2. The number of hydrogen-bond acceptors (Lipinski definition) is 2. The molecule has 1 atom stereocenters. The van der Waals surface area contributed by atoms with Crippen molar-refractivity contribution in [2.24, 2.45) is 0 Å². The van der Waals surface area contributed by atoms with Gasteiger partial charge in [0, 0.05) is 38.0 Å². The fourth-order valence-corrected chi connectivity index (χ4v) is 4.12. The Morgan fingerprint density at radius 1 is 1.30 bits per heavy atom. The van der Waals surface area contributed by atoms with Crippen LogP contribution in [0.3, 0.4) is 0 Å². The molecule has 0 aliphatic rings. The highest BCUT2D eigenvalue weighted by molar-refractivity contribution is 9.13. The van der Waals surface area contributed by atoms with Crippen molar-refractivity contribution >= 4 is 43.6 Å². The van der Waals surface area contributed by atoms with Crippen molar-refractivity contribution in [3.05, 3.63) is 45.4 Å². The molecule has 0 saturated heterocycles. The lowest BCUT2D eigenvalue weighted by atomic mass is 10.1. The van der Waals surface area contributed by atoms with Crippen LogP contribution in [-0.4, -0.2) is 14.8 Å². The zero-order valence-electron chi connectivity index (χ0n) is 11.6. The van der Waals surface area contributed by atoms with Crippen LogP contribution in [0.4, 0.5) is 0 Å². The van der Waals surface area contributed by atoms with Gasteiger partial charge in [-0.05, 0) is 56.3 Å². The number of hydrogen-bond donors (Lipinski definition) is 0. The Kier molecular flexibility index (Phi) is 6.18. The first-order chi connectivity index (χ1) is 9.61. The van der Waals surface area contributed by atoms with Crippen molar-refractivity contribution in [2.45, 2.75) is 43.4 Å². The molecule has 0 aliphatic carbocycles. The summed E-state index contributed by atoms with van der Waals surface area (Å²) in [5.74, 6) is 0. The van der Waals surface area contributed by atoms with E-state index in [1.807, 2.05) is 30.5 Å². The zero-order valence-corrected chi connectivity index (χ0v) is 15.6. The van der Waals surface area contributed by atoms with E-state index in [4.69, 9.17) is 0 Å². The third kappa shape index (κ3) is 4.12. The van der Waals surface area contributed by atoms with E-state index < -0.39 is 0 Å². The molecule has 1 unspecified atom stereocenters. The molecule has 0 radical (unpaired) electrons. The van der Waals surface area contributed by atoms with Gasteiger partial charge in [-0.1, -0.05) is 19.9 Å². The van der Waals surface area contributed by atoms with Crippen LogP contribution in [0, 0.1) is 0 Å². The molecule has 1 aromatic heterocycles. The highest BCUT2D eigenvalue weighted by Gasteiger charge is 2.11. The van der Waals surface area contributed by atoms with Gasteiger partial charge in [-0.25, -0.2) is 4.98 Å². The van der Waals surface area contributed by atoms with Crippen molar-refractivity contribution < 1.29 is 0 Å². The highest BCUT2D eigenvalue weighted by Crippen LogP contribution is 2.38. The monoisotopic (exact) mass is 416 g/mol. The average Bonchev–Trinajstić information content (AvgIpc) is 2.96. The molecule has 0 spiro atoms. The van der Waals surface area contributed by atoms with Gasteiger partial charge in [-0.2, -0.15) is 0 Å². The molecule has 5 heteroatoms. The molecule has 2 nitrogen and oxygen atoms in total. The van der Waals surface area contributed by atoms with E-state index in [0.29, 0.717) is 5.25 Å². The number of nitrogens with zero attached hydrogens (tertiary/aromatic N) is 2. The normalized spacial score (nSPS) is 12.6. The SMILES string of the molecule is CCC(C)Sc1ccc(CCn2ccnc2)c(Br)c1Br. The van der Waals surface area contributed by atoms with Crippen LogP contribution in [-0.2, 0) is 13.0 Å². The summed E-state index contributed by atoms with van der Waals surface area (Å²) in [4.78, 5) is 5.37. The Morgan fingerprint density at radius 3 is 2.75 bits per heavy atom. The summed E-state index contributed by atoms with van der Waals surface area (Å²) in [6.45, 7) is 5.43. The van der Waals surface area contributed by atoms with Gasteiger partial charge in [0.15, 0.2) is 0 Å². The quantitative estimate of drug-likeness (QED) is 0.574. The Morgan fingerprint density at radius 2 is 2.10 bits per heavy atom. The lowest BCUT2D eigenvalue weighted by Crippen LogP contribution is -2.00. The molecule has 2 rings (SSSR count). The molecule has 0 amide bonds. The van der Waals surface area contributed by atoms with E-state index in [-0.39, 0.29) is 0 Å². The summed E-state index contributed by atoms with van der Waals surface area (Å²) in [5.41, 5.74) is 1.32. The number of imidazole rings is 1. The van der Waals surface area contributed by atoms with Crippen LogP contribution >= 0.6 is 43.6 Å². The van der Waals surface area contributed by atoms with Gasteiger partial charge >= 0.3 is 0 Å². The maximum Gasteiger partial charge on any atom is 0.0946 e. The molecule has 2 aromatic rings. The molecular weight excluding hydrogens is 400 g/mol. The van der Waals surface area contributed by atoms with Gasteiger partial charge < -0.3 is 4.57 Å². The topological polar surface area (TPSA) is 17.8 Å². The van der Waals surface area contributed by atoms with Crippen LogP contribution in [0.1, 0.15) is 25.8 Å². The summed E-state index contributed by atoms with van der Waals surface area (Å²) in [6, 6.07) is 4.44. The summed E-state index contributed by atoms with van der Waals surface area (Å²) in [5, 5.41) is 0.634. The second-order valence-electron chi connectivity index (χ2n) is 4.74. The Bertz CT molecular complexity index is 555. The van der Waals surface area contributed by atoms with Gasteiger partial charge in [0.1, 0.15) is 0 Å². The molecule has 0 aliphatic heterocycles. The molecule has 0 bridgehead atoms. The molecule has 0 N–H and O–H groups in total. The van der Waals surface area contributed by atoms with Crippen molar-refractivity contribution in [3.8, 4) is 0 Å². The molecule has 0 saturated carbocycles. The largest absolute Gasteiger partial charge is 0.337 e. The predicted octanol–water partition coefficient (Wildman–Crippen LogP) is 5.54. The first-order valence-electron chi connectivity index (χ1n) is 6.71.